The molecule has 122 valence electrons. The zero-order chi connectivity index (χ0) is 15.3. The molecule has 2 fully saturated rings. The van der Waals surface area contributed by atoms with Gasteiger partial charge in [0.2, 0.25) is 0 Å². The second-order valence-electron chi connectivity index (χ2n) is 6.58. The summed E-state index contributed by atoms with van der Waals surface area (Å²) in [4.78, 5) is 23.5. The Bertz CT molecular complexity index is 334. The Morgan fingerprint density at radius 1 is 0.714 bits per heavy atom. The third kappa shape index (κ3) is 4.18. The molecule has 0 amide bonds. The Morgan fingerprint density at radius 2 is 1.05 bits per heavy atom. The maximum absolute atomic E-state index is 11.7. The molecule has 0 heterocycles. The van der Waals surface area contributed by atoms with Crippen LogP contribution in [-0.2, 0) is 18.6 Å². The molecular formula is C16H29O4P. The van der Waals surface area contributed by atoms with Gasteiger partial charge in [-0.3, -0.25) is 0 Å². The number of rotatable bonds is 4. The van der Waals surface area contributed by atoms with Crippen LogP contribution in [0.1, 0.15) is 78.1 Å². The van der Waals surface area contributed by atoms with E-state index in [1.165, 1.54) is 26.7 Å². The van der Waals surface area contributed by atoms with Crippen molar-refractivity contribution in [1.82, 2.24) is 0 Å². The van der Waals surface area contributed by atoms with Crippen molar-refractivity contribution in [3.05, 3.63) is 0 Å². The molecule has 0 radical (unpaired) electrons. The molecule has 5 heteroatoms. The summed E-state index contributed by atoms with van der Waals surface area (Å²) >= 11 is 0. The van der Waals surface area contributed by atoms with E-state index in [0.29, 0.717) is 11.3 Å². The topological polar surface area (TPSA) is 52.6 Å². The molecule has 0 saturated heterocycles. The quantitative estimate of drug-likeness (QED) is 0.723. The van der Waals surface area contributed by atoms with Crippen LogP contribution in [0.4, 0.5) is 0 Å². The van der Waals surface area contributed by atoms with Crippen LogP contribution in [0, 0.1) is 0 Å². The van der Waals surface area contributed by atoms with Gasteiger partial charge in [0, 0.05) is 0 Å². The Hall–Kier alpha value is -0.630. The van der Waals surface area contributed by atoms with Crippen LogP contribution in [-0.4, -0.2) is 23.3 Å². The summed E-state index contributed by atoms with van der Waals surface area (Å²) in [5, 5.41) is 0. The predicted octanol–water partition coefficient (Wildman–Crippen LogP) is 4.36. The van der Waals surface area contributed by atoms with E-state index >= 15 is 0 Å². The van der Waals surface area contributed by atoms with Gasteiger partial charge in [-0.15, -0.1) is 0 Å². The molecule has 21 heavy (non-hydrogen) atoms. The zero-order valence-electron chi connectivity index (χ0n) is 13.4. The summed E-state index contributed by atoms with van der Waals surface area (Å²) in [7, 11) is -2.82. The van der Waals surface area contributed by atoms with E-state index in [4.69, 9.17) is 9.05 Å². The van der Waals surface area contributed by atoms with Crippen molar-refractivity contribution in [3.63, 3.8) is 0 Å². The average molecular weight is 316 g/mol. The Morgan fingerprint density at radius 3 is 1.33 bits per heavy atom. The van der Waals surface area contributed by atoms with Crippen LogP contribution in [0.15, 0.2) is 0 Å². The van der Waals surface area contributed by atoms with Gasteiger partial charge >= 0.3 is 128 Å². The molecule has 0 aromatic heterocycles. The van der Waals surface area contributed by atoms with Gasteiger partial charge in [0.15, 0.2) is 0 Å². The number of hydrogen-bond acceptors (Lipinski definition) is 4. The first-order valence-corrected chi connectivity index (χ1v) is 10.4. The van der Waals surface area contributed by atoms with Crippen LogP contribution in [0.5, 0.6) is 0 Å². The summed E-state index contributed by atoms with van der Waals surface area (Å²) in [6, 6.07) is 0. The second kappa shape index (κ2) is 7.58. The molecule has 0 bridgehead atoms. The van der Waals surface area contributed by atoms with Gasteiger partial charge in [0.05, 0.1) is 0 Å². The molecule has 0 atom stereocenters. The second-order valence-corrected chi connectivity index (χ2v) is 10.1. The SMILES string of the molecule is CC(=O)O[PH](OC(C)=O)(C1CCCCC1)C1CCCCC1. The van der Waals surface area contributed by atoms with Crippen molar-refractivity contribution in [2.45, 2.75) is 89.4 Å². The van der Waals surface area contributed by atoms with E-state index in [0.717, 1.165) is 51.4 Å². The van der Waals surface area contributed by atoms with Gasteiger partial charge in [-0.05, 0) is 0 Å². The summed E-state index contributed by atoms with van der Waals surface area (Å²) in [6.45, 7) is 2.91. The first-order valence-electron chi connectivity index (χ1n) is 8.44. The van der Waals surface area contributed by atoms with Crippen molar-refractivity contribution >= 4 is 19.7 Å². The van der Waals surface area contributed by atoms with Crippen molar-refractivity contribution in [2.75, 3.05) is 0 Å². The number of carbonyl (C=O) groups excluding carboxylic acids is 2. The molecular weight excluding hydrogens is 287 g/mol. The van der Waals surface area contributed by atoms with Crippen molar-refractivity contribution in [3.8, 4) is 0 Å². The molecule has 2 aliphatic rings. The average Bonchev–Trinajstić information content (AvgIpc) is 2.47. The van der Waals surface area contributed by atoms with E-state index in [-0.39, 0.29) is 11.9 Å². The van der Waals surface area contributed by atoms with Crippen LogP contribution in [0.2, 0.25) is 0 Å². The third-order valence-electron chi connectivity index (χ3n) is 4.95. The molecule has 4 nitrogen and oxygen atoms in total. The Labute approximate surface area is 128 Å². The predicted molar refractivity (Wildman–Crippen MR) is 85.6 cm³/mol. The zero-order valence-corrected chi connectivity index (χ0v) is 14.4. The van der Waals surface area contributed by atoms with Gasteiger partial charge in [-0.2, -0.15) is 0 Å². The number of hydrogen-bond donors (Lipinski definition) is 0. The van der Waals surface area contributed by atoms with Crippen molar-refractivity contribution in [2.24, 2.45) is 0 Å². The van der Waals surface area contributed by atoms with Crippen LogP contribution in [0.3, 0.4) is 0 Å². The Balaban J connectivity index is 2.29. The van der Waals surface area contributed by atoms with Crippen LogP contribution < -0.4 is 0 Å². The van der Waals surface area contributed by atoms with Crippen LogP contribution >= 0.6 is 7.72 Å². The fourth-order valence-electron chi connectivity index (χ4n) is 4.15. The molecule has 0 aliphatic heterocycles. The monoisotopic (exact) mass is 316 g/mol. The number of carbonyl (C=O) groups is 2. The first kappa shape index (κ1) is 16.7. The van der Waals surface area contributed by atoms with Gasteiger partial charge in [-0.1, -0.05) is 0 Å². The standard InChI is InChI=1S/C16H29O4P/c1-13(17)19-21(20-14(2)18,15-9-5-3-6-10-15)16-11-7-4-8-12-16/h15-16,21H,3-12H2,1-2H3. The Kier molecular flexibility index (Phi) is 6.04. The minimum absolute atomic E-state index is 0.279. The van der Waals surface area contributed by atoms with E-state index in [1.807, 2.05) is 0 Å². The molecule has 2 saturated carbocycles. The molecule has 0 aromatic rings. The van der Waals surface area contributed by atoms with Gasteiger partial charge in [-0.25, -0.2) is 0 Å². The molecule has 0 unspecified atom stereocenters. The van der Waals surface area contributed by atoms with E-state index in [1.54, 1.807) is 0 Å². The van der Waals surface area contributed by atoms with Gasteiger partial charge in [0.1, 0.15) is 0 Å². The molecule has 0 N–H and O–H groups in total. The third-order valence-corrected chi connectivity index (χ3v) is 9.60. The fraction of sp³-hybridized carbons (Fsp3) is 0.875. The summed E-state index contributed by atoms with van der Waals surface area (Å²) in [5.41, 5.74) is 0.587. The van der Waals surface area contributed by atoms with E-state index in [2.05, 4.69) is 0 Å². The van der Waals surface area contributed by atoms with Crippen molar-refractivity contribution < 1.29 is 18.6 Å². The summed E-state index contributed by atoms with van der Waals surface area (Å²) < 4.78 is 11.8. The van der Waals surface area contributed by atoms with Crippen LogP contribution in [0.25, 0.3) is 0 Å². The summed E-state index contributed by atoms with van der Waals surface area (Å²) in [5.74, 6) is -0.557. The minimum atomic E-state index is -2.82. The molecule has 2 aliphatic carbocycles. The normalized spacial score (nSPS) is 22.6. The maximum atomic E-state index is 11.7. The van der Waals surface area contributed by atoms with Gasteiger partial charge < -0.3 is 0 Å². The summed E-state index contributed by atoms with van der Waals surface area (Å²) in [6.07, 6.45) is 11.3. The van der Waals surface area contributed by atoms with E-state index in [9.17, 15) is 9.59 Å². The molecule has 2 rings (SSSR count). The fourth-order valence-corrected chi connectivity index (χ4v) is 8.85. The van der Waals surface area contributed by atoms with E-state index < -0.39 is 7.72 Å². The van der Waals surface area contributed by atoms with Crippen molar-refractivity contribution in [1.29, 1.82) is 0 Å². The van der Waals surface area contributed by atoms with Gasteiger partial charge in [0.25, 0.3) is 0 Å². The molecule has 0 aromatic carbocycles. The first-order chi connectivity index (χ1) is 10.0. The molecule has 0 spiro atoms.